The molecule has 0 radical (unpaired) electrons. The van der Waals surface area contributed by atoms with Crippen LogP contribution < -0.4 is 5.32 Å². The molecule has 1 N–H and O–H groups in total. The van der Waals surface area contributed by atoms with Gasteiger partial charge in [0.2, 0.25) is 11.0 Å². The lowest BCUT2D eigenvalue weighted by Crippen LogP contribution is -2.04. The number of aromatic nitrogens is 2. The van der Waals surface area contributed by atoms with Crippen molar-refractivity contribution in [2.75, 3.05) is 5.32 Å². The van der Waals surface area contributed by atoms with Crippen LogP contribution >= 0.6 is 22.9 Å². The fourth-order valence-corrected chi connectivity index (χ4v) is 2.14. The van der Waals surface area contributed by atoms with Crippen LogP contribution in [0, 0.1) is 0 Å². The number of carbonyl (C=O) groups is 1. The second kappa shape index (κ2) is 4.59. The largest absolute Gasteiger partial charge is 0.301 e. The van der Waals surface area contributed by atoms with Gasteiger partial charge in [-0.1, -0.05) is 35.1 Å². The van der Waals surface area contributed by atoms with E-state index in [-0.39, 0.29) is 5.91 Å². The summed E-state index contributed by atoms with van der Waals surface area (Å²) >= 11 is 7.18. The van der Waals surface area contributed by atoms with Crippen LogP contribution in [-0.4, -0.2) is 16.1 Å². The summed E-state index contributed by atoms with van der Waals surface area (Å²) in [4.78, 5) is 10.8. The summed E-state index contributed by atoms with van der Waals surface area (Å²) in [7, 11) is 0. The van der Waals surface area contributed by atoms with Gasteiger partial charge in [0.15, 0.2) is 0 Å². The van der Waals surface area contributed by atoms with Crippen molar-refractivity contribution in [3.8, 4) is 10.6 Å². The molecule has 0 bridgehead atoms. The maximum Gasteiger partial charge on any atom is 0.223 e. The fourth-order valence-electron chi connectivity index (χ4n) is 1.16. The third-order valence-corrected chi connectivity index (χ3v) is 2.90. The number of rotatable bonds is 2. The molecule has 0 aliphatic carbocycles. The van der Waals surface area contributed by atoms with Crippen LogP contribution in [0.25, 0.3) is 10.6 Å². The fraction of sp³-hybridized carbons (Fsp3) is 0.100. The van der Waals surface area contributed by atoms with Crippen molar-refractivity contribution in [1.29, 1.82) is 0 Å². The van der Waals surface area contributed by atoms with Gasteiger partial charge in [-0.3, -0.25) is 4.79 Å². The van der Waals surface area contributed by atoms with Gasteiger partial charge in [0, 0.05) is 17.5 Å². The zero-order valence-corrected chi connectivity index (χ0v) is 9.97. The Morgan fingerprint density at radius 1 is 1.44 bits per heavy atom. The summed E-state index contributed by atoms with van der Waals surface area (Å²) in [6, 6.07) is 7.33. The third kappa shape index (κ3) is 2.56. The smallest absolute Gasteiger partial charge is 0.223 e. The zero-order chi connectivity index (χ0) is 11.5. The number of anilines is 1. The number of amides is 1. The Balaban J connectivity index is 2.28. The highest BCUT2D eigenvalue weighted by atomic mass is 35.5. The SMILES string of the molecule is CC(=O)Nc1nnc(-c2cccc(Cl)c2)s1. The Bertz CT molecular complexity index is 526. The van der Waals surface area contributed by atoms with Crippen LogP contribution in [0.15, 0.2) is 24.3 Å². The van der Waals surface area contributed by atoms with Gasteiger partial charge in [-0.05, 0) is 12.1 Å². The van der Waals surface area contributed by atoms with E-state index in [9.17, 15) is 4.79 Å². The first kappa shape index (κ1) is 11.0. The van der Waals surface area contributed by atoms with E-state index in [1.807, 2.05) is 12.1 Å². The van der Waals surface area contributed by atoms with E-state index in [2.05, 4.69) is 15.5 Å². The highest BCUT2D eigenvalue weighted by molar-refractivity contribution is 7.18. The van der Waals surface area contributed by atoms with E-state index < -0.39 is 0 Å². The number of hydrogen-bond acceptors (Lipinski definition) is 4. The molecule has 2 rings (SSSR count). The van der Waals surface area contributed by atoms with Crippen molar-refractivity contribution in [1.82, 2.24) is 10.2 Å². The van der Waals surface area contributed by atoms with Crippen molar-refractivity contribution < 1.29 is 4.79 Å². The summed E-state index contributed by atoms with van der Waals surface area (Å²) in [5, 5.41) is 12.3. The summed E-state index contributed by atoms with van der Waals surface area (Å²) < 4.78 is 0. The van der Waals surface area contributed by atoms with Gasteiger partial charge in [0.25, 0.3) is 0 Å². The molecule has 1 aromatic carbocycles. The molecule has 0 unspecified atom stereocenters. The Hall–Kier alpha value is -1.46. The Morgan fingerprint density at radius 3 is 2.94 bits per heavy atom. The van der Waals surface area contributed by atoms with Crippen molar-refractivity contribution >= 4 is 34.0 Å². The van der Waals surface area contributed by atoms with Crippen molar-refractivity contribution in [2.45, 2.75) is 6.92 Å². The number of carbonyl (C=O) groups excluding carboxylic acids is 1. The minimum Gasteiger partial charge on any atom is -0.301 e. The molecule has 0 aliphatic heterocycles. The van der Waals surface area contributed by atoms with E-state index >= 15 is 0 Å². The van der Waals surface area contributed by atoms with Crippen LogP contribution in [0.1, 0.15) is 6.92 Å². The Morgan fingerprint density at radius 2 is 2.25 bits per heavy atom. The second-order valence-electron chi connectivity index (χ2n) is 3.10. The molecule has 0 saturated carbocycles. The van der Waals surface area contributed by atoms with Crippen molar-refractivity contribution in [3.05, 3.63) is 29.3 Å². The van der Waals surface area contributed by atoms with E-state index in [1.54, 1.807) is 12.1 Å². The number of halogens is 1. The number of hydrogen-bond donors (Lipinski definition) is 1. The first-order valence-electron chi connectivity index (χ1n) is 4.52. The van der Waals surface area contributed by atoms with Crippen LogP contribution in [0.2, 0.25) is 5.02 Å². The van der Waals surface area contributed by atoms with Gasteiger partial charge in [0.05, 0.1) is 0 Å². The number of nitrogens with one attached hydrogen (secondary N) is 1. The molecule has 0 atom stereocenters. The lowest BCUT2D eigenvalue weighted by molar-refractivity contribution is -0.114. The normalized spacial score (nSPS) is 10.1. The van der Waals surface area contributed by atoms with E-state index in [0.717, 1.165) is 10.6 Å². The highest BCUT2D eigenvalue weighted by Crippen LogP contribution is 2.27. The quantitative estimate of drug-likeness (QED) is 0.895. The molecular weight excluding hydrogens is 246 g/mol. The van der Waals surface area contributed by atoms with E-state index in [4.69, 9.17) is 11.6 Å². The molecule has 6 heteroatoms. The molecule has 1 aromatic heterocycles. The van der Waals surface area contributed by atoms with Gasteiger partial charge < -0.3 is 5.32 Å². The standard InChI is InChI=1S/C10H8ClN3OS/c1-6(15)12-10-14-13-9(16-10)7-3-2-4-8(11)5-7/h2-5H,1H3,(H,12,14,15). The minimum atomic E-state index is -0.159. The lowest BCUT2D eigenvalue weighted by Gasteiger charge is -1.95. The molecule has 0 fully saturated rings. The third-order valence-electron chi connectivity index (χ3n) is 1.78. The first-order valence-corrected chi connectivity index (χ1v) is 5.71. The zero-order valence-electron chi connectivity index (χ0n) is 8.40. The summed E-state index contributed by atoms with van der Waals surface area (Å²) in [5.74, 6) is -0.159. The van der Waals surface area contributed by atoms with Crippen LogP contribution in [0.5, 0.6) is 0 Å². The Kier molecular flexibility index (Phi) is 3.17. The molecule has 16 heavy (non-hydrogen) atoms. The monoisotopic (exact) mass is 253 g/mol. The maximum atomic E-state index is 10.8. The summed E-state index contributed by atoms with van der Waals surface area (Å²) in [6.45, 7) is 1.43. The van der Waals surface area contributed by atoms with E-state index in [0.29, 0.717) is 10.2 Å². The van der Waals surface area contributed by atoms with Gasteiger partial charge >= 0.3 is 0 Å². The predicted molar refractivity (Wildman–Crippen MR) is 64.7 cm³/mol. The molecule has 2 aromatic rings. The Labute approximate surface area is 101 Å². The van der Waals surface area contributed by atoms with Crippen LogP contribution in [-0.2, 0) is 4.79 Å². The van der Waals surface area contributed by atoms with Gasteiger partial charge in [-0.15, -0.1) is 10.2 Å². The van der Waals surface area contributed by atoms with Crippen LogP contribution in [0.4, 0.5) is 5.13 Å². The van der Waals surface area contributed by atoms with E-state index in [1.165, 1.54) is 18.3 Å². The average Bonchev–Trinajstić information content (AvgIpc) is 2.65. The predicted octanol–water partition coefficient (Wildman–Crippen LogP) is 2.82. The van der Waals surface area contributed by atoms with Crippen molar-refractivity contribution in [2.24, 2.45) is 0 Å². The topological polar surface area (TPSA) is 54.9 Å². The molecule has 0 aliphatic rings. The van der Waals surface area contributed by atoms with Gasteiger partial charge in [-0.25, -0.2) is 0 Å². The molecule has 1 amide bonds. The highest BCUT2D eigenvalue weighted by Gasteiger charge is 2.07. The van der Waals surface area contributed by atoms with Crippen molar-refractivity contribution in [3.63, 3.8) is 0 Å². The number of benzene rings is 1. The summed E-state index contributed by atoms with van der Waals surface area (Å²) in [5.41, 5.74) is 0.890. The van der Waals surface area contributed by atoms with Gasteiger partial charge in [-0.2, -0.15) is 0 Å². The summed E-state index contributed by atoms with van der Waals surface area (Å²) in [6.07, 6.45) is 0. The molecular formula is C10H8ClN3OS. The number of nitrogens with zero attached hydrogens (tertiary/aromatic N) is 2. The second-order valence-corrected chi connectivity index (χ2v) is 4.52. The molecule has 1 heterocycles. The molecule has 82 valence electrons. The van der Waals surface area contributed by atoms with Gasteiger partial charge in [0.1, 0.15) is 5.01 Å². The minimum absolute atomic E-state index is 0.159. The molecule has 4 nitrogen and oxygen atoms in total. The first-order chi connectivity index (χ1) is 7.65. The maximum absolute atomic E-state index is 10.8. The van der Waals surface area contributed by atoms with Crippen LogP contribution in [0.3, 0.4) is 0 Å². The molecule has 0 spiro atoms. The lowest BCUT2D eigenvalue weighted by atomic mass is 10.2. The molecule has 0 saturated heterocycles. The average molecular weight is 254 g/mol.